The summed E-state index contributed by atoms with van der Waals surface area (Å²) in [6.07, 6.45) is 69.4. The predicted octanol–water partition coefficient (Wildman–Crippen LogP) is 19.8. The predicted molar refractivity (Wildman–Crippen MR) is 314 cm³/mol. The summed E-state index contributed by atoms with van der Waals surface area (Å²) in [5.74, 6) is -0.170. The lowest BCUT2D eigenvalue weighted by molar-refractivity contribution is -0.870. The number of rotatable bonds is 60. The topological polar surface area (TPSA) is 105 Å². The highest BCUT2D eigenvalue weighted by atomic mass is 31.2. The molecule has 0 saturated heterocycles. The minimum absolute atomic E-state index is 0.0649. The van der Waals surface area contributed by atoms with Crippen LogP contribution < -0.4 is 5.32 Å². The van der Waals surface area contributed by atoms with Crippen molar-refractivity contribution in [1.29, 1.82) is 0 Å². The van der Waals surface area contributed by atoms with Crippen LogP contribution in [0.3, 0.4) is 0 Å². The Bertz CT molecular complexity index is 1180. The van der Waals surface area contributed by atoms with E-state index in [1.54, 1.807) is 6.08 Å². The lowest BCUT2D eigenvalue weighted by Crippen LogP contribution is -2.45. The molecule has 430 valence electrons. The lowest BCUT2D eigenvalue weighted by Gasteiger charge is -2.25. The maximum absolute atomic E-state index is 13.0. The van der Waals surface area contributed by atoms with Gasteiger partial charge >= 0.3 is 7.82 Å². The monoisotopic (exact) mass is 1040 g/mol. The van der Waals surface area contributed by atoms with Crippen LogP contribution in [0.25, 0.3) is 0 Å². The van der Waals surface area contributed by atoms with Crippen molar-refractivity contribution in [3.63, 3.8) is 0 Å². The molecule has 3 atom stereocenters. The highest BCUT2D eigenvalue weighted by molar-refractivity contribution is 7.47. The molecular weight excluding hydrogens is 912 g/mol. The number of quaternary nitrogens is 1. The third-order valence-electron chi connectivity index (χ3n) is 15.0. The Labute approximate surface area is 450 Å². The Hall–Kier alpha value is -0.760. The van der Waals surface area contributed by atoms with E-state index in [1.807, 2.05) is 27.2 Å². The average Bonchev–Trinajstić information content (AvgIpc) is 3.34. The van der Waals surface area contributed by atoms with E-state index in [2.05, 4.69) is 19.2 Å². The molecule has 0 bridgehead atoms. The van der Waals surface area contributed by atoms with E-state index >= 15 is 0 Å². The molecule has 8 nitrogen and oxygen atoms in total. The number of likely N-dealkylation sites (N-methyl/N-ethyl adjacent to an activating group) is 1. The molecule has 0 radical (unpaired) electrons. The van der Waals surface area contributed by atoms with E-state index in [9.17, 15) is 19.4 Å². The van der Waals surface area contributed by atoms with Crippen molar-refractivity contribution in [2.24, 2.45) is 0 Å². The van der Waals surface area contributed by atoms with Gasteiger partial charge in [-0.15, -0.1) is 0 Å². The van der Waals surface area contributed by atoms with Crippen molar-refractivity contribution in [1.82, 2.24) is 5.32 Å². The van der Waals surface area contributed by atoms with E-state index in [0.29, 0.717) is 17.4 Å². The fraction of sp³-hybridized carbons (Fsp3) is 0.952. The zero-order valence-corrected chi connectivity index (χ0v) is 50.1. The summed E-state index contributed by atoms with van der Waals surface area (Å²) in [5, 5.41) is 13.9. The molecule has 3 unspecified atom stereocenters. The van der Waals surface area contributed by atoms with E-state index < -0.39 is 20.0 Å². The minimum atomic E-state index is -4.34. The SMILES string of the molecule is CCCCCCCCCCCC/C=C/C(O)C(COP(=O)(O)OCC[N+](C)(C)C)NC(=O)CCCCCCCCCCCCCCCCCCCCCCCCCCCCCCCCCCCCCCCC. The largest absolute Gasteiger partial charge is 0.472 e. The standard InChI is InChI=1S/C63H127N2O6P/c1-6-8-10-12-14-16-18-20-21-22-23-24-25-26-27-28-29-30-31-32-33-34-35-36-37-38-39-40-41-42-43-44-45-47-49-51-53-55-57-63(67)64-61(60-71-72(68,69)70-59-58-65(3,4)5)62(66)56-54-52-50-48-46-19-17-15-13-11-9-7-2/h54,56,61-62,66H,6-53,55,57-60H2,1-5H3,(H-,64,67,68,69)/p+1/b56-54+. The fourth-order valence-electron chi connectivity index (χ4n) is 9.99. The van der Waals surface area contributed by atoms with E-state index in [-0.39, 0.29) is 19.1 Å². The van der Waals surface area contributed by atoms with Crippen LogP contribution >= 0.6 is 7.82 Å². The van der Waals surface area contributed by atoms with Gasteiger partial charge in [-0.3, -0.25) is 13.8 Å². The molecule has 0 aliphatic heterocycles. The number of carbonyl (C=O) groups is 1. The number of hydrogen-bond acceptors (Lipinski definition) is 5. The summed E-state index contributed by atoms with van der Waals surface area (Å²) in [7, 11) is 1.59. The lowest BCUT2D eigenvalue weighted by atomic mass is 10.0. The summed E-state index contributed by atoms with van der Waals surface area (Å²) in [6, 6.07) is -0.841. The molecule has 0 aromatic rings. The number of nitrogens with one attached hydrogen (secondary N) is 1. The number of phosphoric ester groups is 1. The van der Waals surface area contributed by atoms with Crippen molar-refractivity contribution in [2.45, 2.75) is 347 Å². The van der Waals surface area contributed by atoms with Gasteiger partial charge in [-0.25, -0.2) is 4.57 Å². The molecule has 3 N–H and O–H groups in total. The van der Waals surface area contributed by atoms with Crippen molar-refractivity contribution >= 4 is 13.7 Å². The van der Waals surface area contributed by atoms with Gasteiger partial charge in [-0.2, -0.15) is 0 Å². The number of nitrogens with zero attached hydrogens (tertiary/aromatic N) is 1. The highest BCUT2D eigenvalue weighted by Gasteiger charge is 2.28. The Kier molecular flexibility index (Phi) is 54.4. The first-order chi connectivity index (χ1) is 35.0. The minimum Gasteiger partial charge on any atom is -0.387 e. The molecule has 0 aromatic heterocycles. The number of unbranched alkanes of at least 4 members (excludes halogenated alkanes) is 47. The molecule has 0 aliphatic carbocycles. The number of phosphoric acid groups is 1. The number of allylic oxidation sites excluding steroid dienone is 1. The second kappa shape index (κ2) is 55.0. The zero-order valence-electron chi connectivity index (χ0n) is 49.2. The Morgan fingerprint density at radius 1 is 0.458 bits per heavy atom. The summed E-state index contributed by atoms with van der Waals surface area (Å²) < 4.78 is 23.7. The van der Waals surface area contributed by atoms with Crippen molar-refractivity contribution in [2.75, 3.05) is 40.9 Å². The molecule has 0 aromatic carbocycles. The maximum Gasteiger partial charge on any atom is 0.472 e. The highest BCUT2D eigenvalue weighted by Crippen LogP contribution is 2.43. The van der Waals surface area contributed by atoms with Crippen molar-refractivity contribution in [3.8, 4) is 0 Å². The van der Waals surface area contributed by atoms with Crippen LogP contribution in [0.15, 0.2) is 12.2 Å². The fourth-order valence-corrected chi connectivity index (χ4v) is 10.7. The van der Waals surface area contributed by atoms with Gasteiger partial charge in [0.2, 0.25) is 5.91 Å². The molecule has 0 fully saturated rings. The molecule has 0 heterocycles. The number of aliphatic hydroxyl groups excluding tert-OH is 1. The average molecular weight is 1040 g/mol. The van der Waals surface area contributed by atoms with Crippen LogP contribution in [0.1, 0.15) is 335 Å². The Morgan fingerprint density at radius 2 is 0.736 bits per heavy atom. The summed E-state index contributed by atoms with van der Waals surface area (Å²) in [6.45, 7) is 4.85. The van der Waals surface area contributed by atoms with Crippen molar-refractivity contribution < 1.29 is 32.9 Å². The van der Waals surface area contributed by atoms with Gasteiger partial charge < -0.3 is 19.8 Å². The van der Waals surface area contributed by atoms with E-state index in [4.69, 9.17) is 9.05 Å². The normalized spacial score (nSPS) is 13.8. The van der Waals surface area contributed by atoms with Crippen molar-refractivity contribution in [3.05, 3.63) is 12.2 Å². The quantitative estimate of drug-likeness (QED) is 0.0243. The van der Waals surface area contributed by atoms with Gasteiger partial charge in [0.1, 0.15) is 13.2 Å². The molecule has 0 saturated carbocycles. The van der Waals surface area contributed by atoms with Gasteiger partial charge in [0.05, 0.1) is 39.9 Å². The zero-order chi connectivity index (χ0) is 52.7. The van der Waals surface area contributed by atoms with Gasteiger partial charge in [0.15, 0.2) is 0 Å². The van der Waals surface area contributed by atoms with E-state index in [1.165, 1.54) is 276 Å². The summed E-state index contributed by atoms with van der Waals surface area (Å²) in [5.41, 5.74) is 0. The Morgan fingerprint density at radius 3 is 1.03 bits per heavy atom. The number of aliphatic hydroxyl groups is 1. The van der Waals surface area contributed by atoms with Crippen LogP contribution in [0.4, 0.5) is 0 Å². The molecule has 72 heavy (non-hydrogen) atoms. The first-order valence-corrected chi connectivity index (χ1v) is 33.6. The van der Waals surface area contributed by atoms with Crippen LogP contribution in [-0.2, 0) is 18.4 Å². The molecule has 0 rings (SSSR count). The van der Waals surface area contributed by atoms with Crippen LogP contribution in [0.5, 0.6) is 0 Å². The molecule has 9 heteroatoms. The second-order valence-electron chi connectivity index (χ2n) is 23.5. The van der Waals surface area contributed by atoms with Gasteiger partial charge in [-0.1, -0.05) is 321 Å². The summed E-state index contributed by atoms with van der Waals surface area (Å²) >= 11 is 0. The number of carbonyl (C=O) groups excluding carboxylic acids is 1. The number of amides is 1. The molecular formula is C63H128N2O6P+. The van der Waals surface area contributed by atoms with Crippen LogP contribution in [0, 0.1) is 0 Å². The third-order valence-corrected chi connectivity index (χ3v) is 16.0. The Balaban J connectivity index is 3.82. The summed E-state index contributed by atoms with van der Waals surface area (Å²) in [4.78, 5) is 23.3. The van der Waals surface area contributed by atoms with Gasteiger partial charge in [0.25, 0.3) is 0 Å². The number of hydrogen-bond donors (Lipinski definition) is 3. The molecule has 1 amide bonds. The first-order valence-electron chi connectivity index (χ1n) is 32.1. The van der Waals surface area contributed by atoms with Crippen LogP contribution in [-0.4, -0.2) is 73.4 Å². The smallest absolute Gasteiger partial charge is 0.387 e. The first kappa shape index (κ1) is 71.2. The van der Waals surface area contributed by atoms with Crippen LogP contribution in [0.2, 0.25) is 0 Å². The molecule has 0 aliphatic rings. The van der Waals surface area contributed by atoms with Gasteiger partial charge in [0, 0.05) is 6.42 Å². The maximum atomic E-state index is 13.0. The second-order valence-corrected chi connectivity index (χ2v) is 25.0. The molecule has 0 spiro atoms. The van der Waals surface area contributed by atoms with E-state index in [0.717, 1.165) is 38.5 Å². The third kappa shape index (κ3) is 57.0. The van der Waals surface area contributed by atoms with Gasteiger partial charge in [-0.05, 0) is 19.3 Å².